The molecule has 0 spiro atoms. The first-order chi connectivity index (χ1) is 8.50. The van der Waals surface area contributed by atoms with Crippen LogP contribution in [-0.2, 0) is 16.6 Å². The highest BCUT2D eigenvalue weighted by Crippen LogP contribution is 2.26. The summed E-state index contributed by atoms with van der Waals surface area (Å²) in [5.41, 5.74) is 0.621. The molecule has 0 aromatic heterocycles. The number of benzene rings is 1. The summed E-state index contributed by atoms with van der Waals surface area (Å²) >= 11 is 11.5. The van der Waals surface area contributed by atoms with E-state index in [0.717, 1.165) is 0 Å². The van der Waals surface area contributed by atoms with Crippen molar-refractivity contribution in [3.63, 3.8) is 0 Å². The van der Waals surface area contributed by atoms with Gasteiger partial charge >= 0.3 is 0 Å². The fourth-order valence-electron chi connectivity index (χ4n) is 1.40. The Morgan fingerprint density at radius 1 is 1.39 bits per heavy atom. The van der Waals surface area contributed by atoms with Gasteiger partial charge in [-0.2, -0.15) is 0 Å². The van der Waals surface area contributed by atoms with Crippen LogP contribution in [0, 0.1) is 0 Å². The quantitative estimate of drug-likeness (QED) is 0.787. The zero-order valence-corrected chi connectivity index (χ0v) is 12.3. The summed E-state index contributed by atoms with van der Waals surface area (Å²) in [4.78, 5) is 0. The molecular formula is C11H15Cl2NO3S. The molecule has 0 heterocycles. The number of rotatable bonds is 7. The van der Waals surface area contributed by atoms with Crippen LogP contribution >= 0.6 is 23.2 Å². The molecule has 0 radical (unpaired) electrons. The normalized spacial score (nSPS) is 11.5. The van der Waals surface area contributed by atoms with E-state index in [1.165, 1.54) is 7.11 Å². The predicted octanol–water partition coefficient (Wildman–Crippen LogP) is 2.40. The second-order valence-electron chi connectivity index (χ2n) is 3.60. The SMILES string of the molecule is COc1cccc(Cl)c1CNS(=O)(=O)CCCCl. The first-order valence-corrected chi connectivity index (χ1v) is 7.91. The van der Waals surface area contributed by atoms with E-state index in [2.05, 4.69) is 4.72 Å². The van der Waals surface area contributed by atoms with Gasteiger partial charge in [-0.1, -0.05) is 17.7 Å². The first kappa shape index (κ1) is 15.6. The Bertz CT molecular complexity index is 491. The van der Waals surface area contributed by atoms with Crippen LogP contribution in [0.15, 0.2) is 18.2 Å². The molecule has 4 nitrogen and oxygen atoms in total. The molecular weight excluding hydrogens is 297 g/mol. The van der Waals surface area contributed by atoms with Crippen molar-refractivity contribution in [3.8, 4) is 5.75 Å². The van der Waals surface area contributed by atoms with E-state index < -0.39 is 10.0 Å². The third-order valence-electron chi connectivity index (χ3n) is 2.31. The van der Waals surface area contributed by atoms with Crippen molar-refractivity contribution in [1.29, 1.82) is 0 Å². The Hall–Kier alpha value is -0.490. The van der Waals surface area contributed by atoms with Crippen LogP contribution in [0.2, 0.25) is 5.02 Å². The summed E-state index contributed by atoms with van der Waals surface area (Å²) in [7, 11) is -1.82. The molecule has 0 saturated carbocycles. The van der Waals surface area contributed by atoms with Gasteiger partial charge in [0.15, 0.2) is 0 Å². The number of sulfonamides is 1. The smallest absolute Gasteiger partial charge is 0.211 e. The van der Waals surface area contributed by atoms with Crippen LogP contribution in [0.25, 0.3) is 0 Å². The molecule has 1 aromatic carbocycles. The van der Waals surface area contributed by atoms with E-state index in [4.69, 9.17) is 27.9 Å². The zero-order chi connectivity index (χ0) is 13.6. The molecule has 7 heteroatoms. The van der Waals surface area contributed by atoms with Crippen molar-refractivity contribution < 1.29 is 13.2 Å². The second-order valence-corrected chi connectivity index (χ2v) is 6.31. The minimum absolute atomic E-state index is 0.00324. The average molecular weight is 312 g/mol. The largest absolute Gasteiger partial charge is 0.496 e. The molecule has 18 heavy (non-hydrogen) atoms. The van der Waals surface area contributed by atoms with Gasteiger partial charge in [0.1, 0.15) is 5.75 Å². The minimum Gasteiger partial charge on any atom is -0.496 e. The number of methoxy groups -OCH3 is 1. The van der Waals surface area contributed by atoms with Crippen LogP contribution in [0.3, 0.4) is 0 Å². The highest BCUT2D eigenvalue weighted by molar-refractivity contribution is 7.89. The number of ether oxygens (including phenoxy) is 1. The molecule has 0 saturated heterocycles. The maximum absolute atomic E-state index is 11.6. The summed E-state index contributed by atoms with van der Waals surface area (Å²) < 4.78 is 30.8. The molecule has 0 aliphatic rings. The van der Waals surface area contributed by atoms with Crippen LogP contribution in [0.1, 0.15) is 12.0 Å². The minimum atomic E-state index is -3.33. The third kappa shape index (κ3) is 4.65. The molecule has 1 N–H and O–H groups in total. The van der Waals surface area contributed by atoms with Gasteiger partial charge in [0.05, 0.1) is 12.9 Å². The molecule has 0 aliphatic carbocycles. The molecule has 102 valence electrons. The van der Waals surface area contributed by atoms with E-state index in [-0.39, 0.29) is 12.3 Å². The van der Waals surface area contributed by atoms with Crippen molar-refractivity contribution in [3.05, 3.63) is 28.8 Å². The van der Waals surface area contributed by atoms with Crippen LogP contribution < -0.4 is 9.46 Å². The maximum atomic E-state index is 11.6. The van der Waals surface area contributed by atoms with Gasteiger partial charge in [0, 0.05) is 23.0 Å². The molecule has 0 bridgehead atoms. The lowest BCUT2D eigenvalue weighted by Gasteiger charge is -2.11. The lowest BCUT2D eigenvalue weighted by molar-refractivity contribution is 0.409. The molecule has 0 fully saturated rings. The maximum Gasteiger partial charge on any atom is 0.211 e. The lowest BCUT2D eigenvalue weighted by Crippen LogP contribution is -2.26. The summed E-state index contributed by atoms with van der Waals surface area (Å²) in [6.07, 6.45) is 0.413. The molecule has 1 rings (SSSR count). The van der Waals surface area contributed by atoms with E-state index in [1.807, 2.05) is 0 Å². The third-order valence-corrected chi connectivity index (χ3v) is 4.34. The Balaban J connectivity index is 2.74. The highest BCUT2D eigenvalue weighted by atomic mass is 35.5. The fourth-order valence-corrected chi connectivity index (χ4v) is 2.96. The molecule has 0 aliphatic heterocycles. The summed E-state index contributed by atoms with van der Waals surface area (Å²) in [6.45, 7) is 0.105. The summed E-state index contributed by atoms with van der Waals surface area (Å²) in [5.74, 6) is 0.877. The molecule has 0 amide bonds. The van der Waals surface area contributed by atoms with Crippen LogP contribution in [-0.4, -0.2) is 27.2 Å². The summed E-state index contributed by atoms with van der Waals surface area (Å²) in [6, 6.07) is 5.16. The van der Waals surface area contributed by atoms with E-state index in [0.29, 0.717) is 28.6 Å². The standard InChI is InChI=1S/C11H15Cl2NO3S/c1-17-11-5-2-4-10(13)9(11)8-14-18(15,16)7-3-6-12/h2,4-5,14H,3,6-8H2,1H3. The number of hydrogen-bond donors (Lipinski definition) is 1. The van der Waals surface area contributed by atoms with Crippen molar-refractivity contribution in [1.82, 2.24) is 4.72 Å². The van der Waals surface area contributed by atoms with Gasteiger partial charge in [0.25, 0.3) is 0 Å². The van der Waals surface area contributed by atoms with Crippen molar-refractivity contribution in [2.45, 2.75) is 13.0 Å². The summed E-state index contributed by atoms with van der Waals surface area (Å²) in [5, 5.41) is 0.467. The number of hydrogen-bond acceptors (Lipinski definition) is 3. The topological polar surface area (TPSA) is 55.4 Å². The second kappa shape index (κ2) is 7.19. The number of nitrogens with one attached hydrogen (secondary N) is 1. The average Bonchev–Trinajstić information content (AvgIpc) is 2.34. The van der Waals surface area contributed by atoms with Gasteiger partial charge < -0.3 is 4.74 Å². The van der Waals surface area contributed by atoms with Crippen molar-refractivity contribution in [2.24, 2.45) is 0 Å². The first-order valence-electron chi connectivity index (χ1n) is 5.35. The van der Waals surface area contributed by atoms with Crippen molar-refractivity contribution in [2.75, 3.05) is 18.7 Å². The van der Waals surface area contributed by atoms with E-state index >= 15 is 0 Å². The fraction of sp³-hybridized carbons (Fsp3) is 0.455. The van der Waals surface area contributed by atoms with Crippen LogP contribution in [0.4, 0.5) is 0 Å². The van der Waals surface area contributed by atoms with E-state index in [9.17, 15) is 8.42 Å². The van der Waals surface area contributed by atoms with Crippen LogP contribution in [0.5, 0.6) is 5.75 Å². The molecule has 0 atom stereocenters. The Morgan fingerprint density at radius 3 is 2.72 bits per heavy atom. The van der Waals surface area contributed by atoms with Gasteiger partial charge in [-0.3, -0.25) is 0 Å². The Labute approximate surface area is 117 Å². The molecule has 1 aromatic rings. The Kier molecular flexibility index (Phi) is 6.21. The van der Waals surface area contributed by atoms with Gasteiger partial charge in [-0.15, -0.1) is 11.6 Å². The van der Waals surface area contributed by atoms with E-state index in [1.54, 1.807) is 18.2 Å². The Morgan fingerprint density at radius 2 is 2.11 bits per heavy atom. The van der Waals surface area contributed by atoms with Gasteiger partial charge in [0.2, 0.25) is 10.0 Å². The number of halogens is 2. The monoisotopic (exact) mass is 311 g/mol. The molecule has 0 unspecified atom stereocenters. The van der Waals surface area contributed by atoms with Gasteiger partial charge in [-0.05, 0) is 18.6 Å². The highest BCUT2D eigenvalue weighted by Gasteiger charge is 2.13. The zero-order valence-electron chi connectivity index (χ0n) is 9.95. The number of alkyl halides is 1. The lowest BCUT2D eigenvalue weighted by atomic mass is 10.2. The predicted molar refractivity (Wildman–Crippen MR) is 74.0 cm³/mol. The van der Waals surface area contributed by atoms with Crippen molar-refractivity contribution >= 4 is 33.2 Å². The van der Waals surface area contributed by atoms with Gasteiger partial charge in [-0.25, -0.2) is 13.1 Å².